The van der Waals surface area contributed by atoms with E-state index in [1.54, 1.807) is 25.3 Å². The highest BCUT2D eigenvalue weighted by Crippen LogP contribution is 2.14. The van der Waals surface area contributed by atoms with E-state index in [1.807, 2.05) is 12.1 Å². The van der Waals surface area contributed by atoms with Crippen LogP contribution in [0.2, 0.25) is 0 Å². The predicted molar refractivity (Wildman–Crippen MR) is 75.4 cm³/mol. The number of benzene rings is 1. The van der Waals surface area contributed by atoms with Crippen LogP contribution in [-0.4, -0.2) is 46.0 Å². The minimum Gasteiger partial charge on any atom is -0.497 e. The molecule has 1 aromatic rings. The molecule has 0 saturated carbocycles. The second-order valence-electron chi connectivity index (χ2n) is 4.27. The van der Waals surface area contributed by atoms with Crippen molar-refractivity contribution in [3.63, 3.8) is 0 Å². The van der Waals surface area contributed by atoms with Crippen LogP contribution in [0.5, 0.6) is 5.75 Å². The van der Waals surface area contributed by atoms with Gasteiger partial charge in [-0.05, 0) is 23.8 Å². The van der Waals surface area contributed by atoms with Crippen LogP contribution in [0.4, 0.5) is 0 Å². The molecule has 0 amide bonds. The number of nitrogens with zero attached hydrogens (tertiary/aromatic N) is 1. The Morgan fingerprint density at radius 3 is 2.42 bits per heavy atom. The van der Waals surface area contributed by atoms with Crippen LogP contribution in [0.3, 0.4) is 0 Å². The molecule has 0 atom stereocenters. The SMILES string of the molecule is COc1ccc(C=CS(=O)(=O)N2CCNCC2)cc1. The molecule has 104 valence electrons. The Morgan fingerprint density at radius 1 is 1.21 bits per heavy atom. The van der Waals surface area contributed by atoms with Crippen molar-refractivity contribution in [2.24, 2.45) is 0 Å². The van der Waals surface area contributed by atoms with Gasteiger partial charge in [-0.2, -0.15) is 4.31 Å². The number of hydrogen-bond donors (Lipinski definition) is 1. The molecule has 5 nitrogen and oxygen atoms in total. The van der Waals surface area contributed by atoms with Crippen molar-refractivity contribution in [2.45, 2.75) is 0 Å². The van der Waals surface area contributed by atoms with E-state index in [-0.39, 0.29) is 0 Å². The Balaban J connectivity index is 2.07. The maximum Gasteiger partial charge on any atom is 0.236 e. The van der Waals surface area contributed by atoms with Crippen LogP contribution in [-0.2, 0) is 10.0 Å². The van der Waals surface area contributed by atoms with E-state index in [1.165, 1.54) is 9.71 Å². The highest BCUT2D eigenvalue weighted by atomic mass is 32.2. The van der Waals surface area contributed by atoms with Gasteiger partial charge in [0.05, 0.1) is 7.11 Å². The molecule has 6 heteroatoms. The molecule has 19 heavy (non-hydrogen) atoms. The molecule has 0 radical (unpaired) electrons. The van der Waals surface area contributed by atoms with Crippen LogP contribution in [0.1, 0.15) is 5.56 Å². The maximum atomic E-state index is 12.1. The van der Waals surface area contributed by atoms with Gasteiger partial charge in [0.2, 0.25) is 10.0 Å². The van der Waals surface area contributed by atoms with Crippen molar-refractivity contribution < 1.29 is 13.2 Å². The van der Waals surface area contributed by atoms with Gasteiger partial charge in [0.1, 0.15) is 5.75 Å². The van der Waals surface area contributed by atoms with Crippen LogP contribution in [0, 0.1) is 0 Å². The number of nitrogens with one attached hydrogen (secondary N) is 1. The molecule has 1 fully saturated rings. The first-order valence-corrected chi connectivity index (χ1v) is 7.65. The van der Waals surface area contributed by atoms with Gasteiger partial charge in [0, 0.05) is 31.6 Å². The zero-order valence-electron chi connectivity index (χ0n) is 10.9. The standard InChI is InChI=1S/C13H18N2O3S/c1-18-13-4-2-12(3-5-13)6-11-19(16,17)15-9-7-14-8-10-15/h2-6,11,14H,7-10H2,1H3. The number of ether oxygens (including phenoxy) is 1. The summed E-state index contributed by atoms with van der Waals surface area (Å²) in [5, 5.41) is 4.39. The van der Waals surface area contributed by atoms with E-state index in [0.717, 1.165) is 11.3 Å². The summed E-state index contributed by atoms with van der Waals surface area (Å²) in [5.41, 5.74) is 0.833. The minimum atomic E-state index is -3.32. The third-order valence-corrected chi connectivity index (χ3v) is 4.55. The van der Waals surface area contributed by atoms with Gasteiger partial charge in [-0.3, -0.25) is 0 Å². The van der Waals surface area contributed by atoms with Gasteiger partial charge in [0.15, 0.2) is 0 Å². The molecule has 1 N–H and O–H groups in total. The summed E-state index contributed by atoms with van der Waals surface area (Å²) < 4.78 is 30.7. The van der Waals surface area contributed by atoms with Gasteiger partial charge < -0.3 is 10.1 Å². The molecule has 0 aromatic heterocycles. The fourth-order valence-corrected chi connectivity index (χ4v) is 3.06. The first kappa shape index (κ1) is 14.0. The number of rotatable bonds is 4. The van der Waals surface area contributed by atoms with Crippen LogP contribution in [0.15, 0.2) is 29.7 Å². The Labute approximate surface area is 113 Å². The summed E-state index contributed by atoms with van der Waals surface area (Å²) in [6.45, 7) is 2.45. The van der Waals surface area contributed by atoms with Crippen molar-refractivity contribution in [2.75, 3.05) is 33.3 Å². The molecule has 0 aliphatic carbocycles. The molecule has 1 aromatic carbocycles. The minimum absolute atomic E-state index is 0.523. The summed E-state index contributed by atoms with van der Waals surface area (Å²) in [7, 11) is -1.72. The number of sulfonamides is 1. The first-order valence-electron chi connectivity index (χ1n) is 6.15. The molecule has 1 aliphatic rings. The van der Waals surface area contributed by atoms with Gasteiger partial charge >= 0.3 is 0 Å². The van der Waals surface area contributed by atoms with E-state index in [0.29, 0.717) is 26.2 Å². The fourth-order valence-electron chi connectivity index (χ4n) is 1.86. The lowest BCUT2D eigenvalue weighted by Gasteiger charge is -2.25. The zero-order chi connectivity index (χ0) is 13.7. The summed E-state index contributed by atoms with van der Waals surface area (Å²) in [6, 6.07) is 7.25. The zero-order valence-corrected chi connectivity index (χ0v) is 11.7. The van der Waals surface area contributed by atoms with E-state index < -0.39 is 10.0 Å². The molecule has 1 saturated heterocycles. The van der Waals surface area contributed by atoms with E-state index >= 15 is 0 Å². The average Bonchev–Trinajstić information content (AvgIpc) is 2.47. The lowest BCUT2D eigenvalue weighted by molar-refractivity contribution is 0.364. The van der Waals surface area contributed by atoms with Gasteiger partial charge in [-0.25, -0.2) is 8.42 Å². The summed E-state index contributed by atoms with van der Waals surface area (Å²) in [4.78, 5) is 0. The number of hydrogen-bond acceptors (Lipinski definition) is 4. The van der Waals surface area contributed by atoms with Gasteiger partial charge in [-0.15, -0.1) is 0 Å². The Hall–Kier alpha value is -1.37. The second-order valence-corrected chi connectivity index (χ2v) is 6.09. The molecule has 0 bridgehead atoms. The molecule has 1 heterocycles. The van der Waals surface area contributed by atoms with Crippen LogP contribution >= 0.6 is 0 Å². The normalized spacial score (nSPS) is 17.7. The van der Waals surface area contributed by atoms with Crippen molar-refractivity contribution in [3.05, 3.63) is 35.2 Å². The summed E-state index contributed by atoms with van der Waals surface area (Å²) >= 11 is 0. The quantitative estimate of drug-likeness (QED) is 0.891. The van der Waals surface area contributed by atoms with Crippen molar-refractivity contribution >= 4 is 16.1 Å². The highest BCUT2D eigenvalue weighted by molar-refractivity contribution is 7.92. The van der Waals surface area contributed by atoms with Crippen molar-refractivity contribution in [1.82, 2.24) is 9.62 Å². The topological polar surface area (TPSA) is 58.6 Å². The van der Waals surface area contributed by atoms with Crippen LogP contribution in [0.25, 0.3) is 6.08 Å². The van der Waals surface area contributed by atoms with Crippen LogP contribution < -0.4 is 10.1 Å². The summed E-state index contributed by atoms with van der Waals surface area (Å²) in [6.07, 6.45) is 1.61. The van der Waals surface area contributed by atoms with Crippen molar-refractivity contribution in [1.29, 1.82) is 0 Å². The Kier molecular flexibility index (Phi) is 4.57. The Bertz CT molecular complexity index is 532. The van der Waals surface area contributed by atoms with Gasteiger partial charge in [0.25, 0.3) is 0 Å². The molecule has 0 spiro atoms. The van der Waals surface area contributed by atoms with Gasteiger partial charge in [-0.1, -0.05) is 12.1 Å². The predicted octanol–water partition coefficient (Wildman–Crippen LogP) is 0.901. The average molecular weight is 282 g/mol. The second kappa shape index (κ2) is 6.18. The lowest BCUT2D eigenvalue weighted by Crippen LogP contribution is -2.45. The summed E-state index contributed by atoms with van der Waals surface area (Å²) in [5.74, 6) is 0.752. The van der Waals surface area contributed by atoms with E-state index in [2.05, 4.69) is 5.32 Å². The Morgan fingerprint density at radius 2 is 1.84 bits per heavy atom. The largest absolute Gasteiger partial charge is 0.497 e. The third kappa shape index (κ3) is 3.79. The molecular weight excluding hydrogens is 264 g/mol. The third-order valence-electron chi connectivity index (χ3n) is 2.98. The maximum absolute atomic E-state index is 12.1. The molecule has 2 rings (SSSR count). The first-order chi connectivity index (χ1) is 9.12. The van der Waals surface area contributed by atoms with E-state index in [9.17, 15) is 8.42 Å². The molecule has 1 aliphatic heterocycles. The van der Waals surface area contributed by atoms with E-state index in [4.69, 9.17) is 4.74 Å². The monoisotopic (exact) mass is 282 g/mol. The molecular formula is C13H18N2O3S. The molecule has 0 unspecified atom stereocenters. The number of methoxy groups -OCH3 is 1. The lowest BCUT2D eigenvalue weighted by atomic mass is 10.2. The smallest absolute Gasteiger partial charge is 0.236 e. The number of piperazine rings is 1. The highest BCUT2D eigenvalue weighted by Gasteiger charge is 2.20. The fraction of sp³-hybridized carbons (Fsp3) is 0.385. The van der Waals surface area contributed by atoms with Crippen molar-refractivity contribution in [3.8, 4) is 5.75 Å².